The van der Waals surface area contributed by atoms with E-state index in [4.69, 9.17) is 10.5 Å². The van der Waals surface area contributed by atoms with Gasteiger partial charge < -0.3 is 10.5 Å². The van der Waals surface area contributed by atoms with Crippen LogP contribution in [-0.4, -0.2) is 13.2 Å². The second kappa shape index (κ2) is 5.00. The summed E-state index contributed by atoms with van der Waals surface area (Å²) >= 11 is 0. The van der Waals surface area contributed by atoms with E-state index in [1.807, 2.05) is 6.92 Å². The second-order valence-corrected chi connectivity index (χ2v) is 3.21. The molecule has 0 aliphatic rings. The third-order valence-electron chi connectivity index (χ3n) is 2.03. The minimum Gasteiger partial charge on any atom is -0.373 e. The van der Waals surface area contributed by atoms with Gasteiger partial charge in [-0.05, 0) is 19.4 Å². The average Bonchev–Trinajstić information content (AvgIpc) is 2.15. The van der Waals surface area contributed by atoms with Crippen LogP contribution in [0, 0.1) is 6.92 Å². The zero-order valence-corrected chi connectivity index (χ0v) is 8.29. The summed E-state index contributed by atoms with van der Waals surface area (Å²) in [6, 6.07) is 8.38. The molecule has 0 aliphatic heterocycles. The molecule has 1 unspecified atom stereocenters. The largest absolute Gasteiger partial charge is 0.373 e. The van der Waals surface area contributed by atoms with E-state index in [2.05, 4.69) is 31.2 Å². The van der Waals surface area contributed by atoms with Crippen molar-refractivity contribution in [2.24, 2.45) is 5.73 Å². The van der Waals surface area contributed by atoms with Crippen LogP contribution < -0.4 is 5.73 Å². The lowest BCUT2D eigenvalue weighted by molar-refractivity contribution is 0.0718. The molecule has 1 aromatic carbocycles. The van der Waals surface area contributed by atoms with Crippen LogP contribution in [0.1, 0.15) is 24.2 Å². The Hall–Kier alpha value is -0.860. The van der Waals surface area contributed by atoms with Crippen molar-refractivity contribution in [2.45, 2.75) is 20.0 Å². The molecule has 2 N–H and O–H groups in total. The minimum atomic E-state index is 0.143. The summed E-state index contributed by atoms with van der Waals surface area (Å²) in [6.45, 7) is 5.32. The molecule has 0 spiro atoms. The van der Waals surface area contributed by atoms with Gasteiger partial charge in [-0.25, -0.2) is 0 Å². The molecular formula is C11H17NO. The molecule has 0 amide bonds. The molecule has 2 heteroatoms. The molecule has 1 atom stereocenters. The predicted molar refractivity (Wildman–Crippen MR) is 54.6 cm³/mol. The molecule has 0 heterocycles. The van der Waals surface area contributed by atoms with Crippen molar-refractivity contribution in [2.75, 3.05) is 13.2 Å². The molecule has 72 valence electrons. The van der Waals surface area contributed by atoms with Gasteiger partial charge in [0, 0.05) is 6.54 Å². The van der Waals surface area contributed by atoms with Crippen LogP contribution in [0.5, 0.6) is 0 Å². The maximum absolute atomic E-state index is 5.49. The molecule has 0 radical (unpaired) electrons. The quantitative estimate of drug-likeness (QED) is 0.767. The molecular weight excluding hydrogens is 162 g/mol. The average molecular weight is 179 g/mol. The molecule has 0 bridgehead atoms. The van der Waals surface area contributed by atoms with Crippen molar-refractivity contribution in [3.05, 3.63) is 35.4 Å². The fourth-order valence-electron chi connectivity index (χ4n) is 1.18. The van der Waals surface area contributed by atoms with Crippen LogP contribution in [0.3, 0.4) is 0 Å². The molecule has 0 fully saturated rings. The van der Waals surface area contributed by atoms with Crippen molar-refractivity contribution < 1.29 is 4.74 Å². The molecule has 13 heavy (non-hydrogen) atoms. The smallest absolute Gasteiger partial charge is 0.0797 e. The van der Waals surface area contributed by atoms with Crippen LogP contribution in [0.25, 0.3) is 0 Å². The van der Waals surface area contributed by atoms with E-state index < -0.39 is 0 Å². The van der Waals surface area contributed by atoms with E-state index in [1.165, 1.54) is 11.1 Å². The molecule has 1 rings (SSSR count). The standard InChI is InChI=1S/C11H17NO/c1-9-3-5-11(6-4-9)10(2)13-8-7-12/h3-6,10H,7-8,12H2,1-2H3. The van der Waals surface area contributed by atoms with Gasteiger partial charge in [0.2, 0.25) is 0 Å². The first-order chi connectivity index (χ1) is 6.24. The summed E-state index contributed by atoms with van der Waals surface area (Å²) in [5.41, 5.74) is 7.83. The molecule has 0 saturated heterocycles. The summed E-state index contributed by atoms with van der Waals surface area (Å²) in [5, 5.41) is 0. The lowest BCUT2D eigenvalue weighted by atomic mass is 10.1. The van der Waals surface area contributed by atoms with Gasteiger partial charge in [-0.3, -0.25) is 0 Å². The number of ether oxygens (including phenoxy) is 1. The second-order valence-electron chi connectivity index (χ2n) is 3.21. The number of rotatable bonds is 4. The number of hydrogen-bond donors (Lipinski definition) is 1. The van der Waals surface area contributed by atoms with E-state index in [0.29, 0.717) is 13.2 Å². The van der Waals surface area contributed by atoms with Gasteiger partial charge in [0.1, 0.15) is 0 Å². The molecule has 0 aliphatic carbocycles. The van der Waals surface area contributed by atoms with E-state index in [-0.39, 0.29) is 6.10 Å². The molecule has 1 aromatic rings. The van der Waals surface area contributed by atoms with Crippen molar-refractivity contribution in [3.8, 4) is 0 Å². The number of nitrogens with two attached hydrogens (primary N) is 1. The van der Waals surface area contributed by atoms with Gasteiger partial charge in [-0.1, -0.05) is 29.8 Å². The Morgan fingerprint density at radius 3 is 2.46 bits per heavy atom. The van der Waals surface area contributed by atoms with Crippen molar-refractivity contribution in [1.82, 2.24) is 0 Å². The zero-order chi connectivity index (χ0) is 9.68. The number of hydrogen-bond acceptors (Lipinski definition) is 2. The number of aryl methyl sites for hydroxylation is 1. The SMILES string of the molecule is Cc1ccc(C(C)OCCN)cc1. The van der Waals surface area contributed by atoms with Crippen LogP contribution in [0.2, 0.25) is 0 Å². The summed E-state index contributed by atoms with van der Waals surface area (Å²) in [6.07, 6.45) is 0.143. The van der Waals surface area contributed by atoms with Gasteiger partial charge in [0.15, 0.2) is 0 Å². The van der Waals surface area contributed by atoms with Gasteiger partial charge in [0.05, 0.1) is 12.7 Å². The maximum Gasteiger partial charge on any atom is 0.0797 e. The Bertz CT molecular complexity index is 243. The fraction of sp³-hybridized carbons (Fsp3) is 0.455. The van der Waals surface area contributed by atoms with Gasteiger partial charge in [-0.2, -0.15) is 0 Å². The normalized spacial score (nSPS) is 12.8. The van der Waals surface area contributed by atoms with Gasteiger partial charge in [-0.15, -0.1) is 0 Å². The Morgan fingerprint density at radius 2 is 1.92 bits per heavy atom. The van der Waals surface area contributed by atoms with E-state index >= 15 is 0 Å². The Labute approximate surface area is 79.7 Å². The Morgan fingerprint density at radius 1 is 1.31 bits per heavy atom. The highest BCUT2D eigenvalue weighted by Crippen LogP contribution is 2.16. The molecule has 0 saturated carbocycles. The third-order valence-corrected chi connectivity index (χ3v) is 2.03. The Kier molecular flexibility index (Phi) is 3.93. The first-order valence-corrected chi connectivity index (χ1v) is 4.62. The van der Waals surface area contributed by atoms with E-state index in [9.17, 15) is 0 Å². The third kappa shape index (κ3) is 3.17. The maximum atomic E-state index is 5.49. The summed E-state index contributed by atoms with van der Waals surface area (Å²) in [4.78, 5) is 0. The van der Waals surface area contributed by atoms with E-state index in [1.54, 1.807) is 0 Å². The highest BCUT2D eigenvalue weighted by molar-refractivity contribution is 5.22. The summed E-state index contributed by atoms with van der Waals surface area (Å²) in [5.74, 6) is 0. The Balaban J connectivity index is 2.55. The van der Waals surface area contributed by atoms with Gasteiger partial charge in [0.25, 0.3) is 0 Å². The molecule has 2 nitrogen and oxygen atoms in total. The minimum absolute atomic E-state index is 0.143. The van der Waals surface area contributed by atoms with Crippen LogP contribution >= 0.6 is 0 Å². The summed E-state index contributed by atoms with van der Waals surface area (Å²) < 4.78 is 5.49. The highest BCUT2D eigenvalue weighted by atomic mass is 16.5. The first kappa shape index (κ1) is 10.2. The molecule has 0 aromatic heterocycles. The van der Waals surface area contributed by atoms with E-state index in [0.717, 1.165) is 0 Å². The fourth-order valence-corrected chi connectivity index (χ4v) is 1.18. The van der Waals surface area contributed by atoms with Crippen LogP contribution in [0.15, 0.2) is 24.3 Å². The lowest BCUT2D eigenvalue weighted by Gasteiger charge is -2.12. The highest BCUT2D eigenvalue weighted by Gasteiger charge is 2.03. The predicted octanol–water partition coefficient (Wildman–Crippen LogP) is 2.03. The van der Waals surface area contributed by atoms with Crippen LogP contribution in [0.4, 0.5) is 0 Å². The van der Waals surface area contributed by atoms with Crippen molar-refractivity contribution in [1.29, 1.82) is 0 Å². The zero-order valence-electron chi connectivity index (χ0n) is 8.29. The summed E-state index contributed by atoms with van der Waals surface area (Å²) in [7, 11) is 0. The van der Waals surface area contributed by atoms with Crippen molar-refractivity contribution in [3.63, 3.8) is 0 Å². The van der Waals surface area contributed by atoms with Crippen molar-refractivity contribution >= 4 is 0 Å². The first-order valence-electron chi connectivity index (χ1n) is 4.62. The number of benzene rings is 1. The topological polar surface area (TPSA) is 35.2 Å². The lowest BCUT2D eigenvalue weighted by Crippen LogP contribution is -2.10. The van der Waals surface area contributed by atoms with Crippen LogP contribution in [-0.2, 0) is 4.74 Å². The van der Waals surface area contributed by atoms with Gasteiger partial charge >= 0.3 is 0 Å². The monoisotopic (exact) mass is 179 g/mol.